The normalized spacial score (nSPS) is 12.7. The summed E-state index contributed by atoms with van der Waals surface area (Å²) in [4.78, 5) is 42.4. The molecule has 0 aromatic heterocycles. The number of likely N-dealkylation sites (N-methyl/N-ethyl adjacent to an activating group) is 1. The topological polar surface area (TPSA) is 87.7 Å². The number of carbonyl (C=O) groups is 3. The summed E-state index contributed by atoms with van der Waals surface area (Å²) in [6.45, 7) is 11.7. The number of hydrogen-bond donors (Lipinski definition) is 2. The predicted molar refractivity (Wildman–Crippen MR) is 158 cm³/mol. The van der Waals surface area contributed by atoms with Crippen LogP contribution in [0.4, 0.5) is 4.79 Å². The maximum Gasteiger partial charge on any atom is 0.408 e. The number of nitrogens with one attached hydrogen (secondary N) is 2. The second kappa shape index (κ2) is 13.8. The lowest BCUT2D eigenvalue weighted by Gasteiger charge is -2.34. The van der Waals surface area contributed by atoms with E-state index in [1.807, 2.05) is 99.6 Å². The molecule has 2 atom stereocenters. The Labute approximate surface area is 237 Å². The molecule has 3 rings (SSSR count). The van der Waals surface area contributed by atoms with Gasteiger partial charge in [-0.25, -0.2) is 4.79 Å². The van der Waals surface area contributed by atoms with Gasteiger partial charge in [-0.05, 0) is 63.8 Å². The lowest BCUT2D eigenvalue weighted by molar-refractivity contribution is -0.142. The number of carbonyl (C=O) groups excluding carboxylic acids is 3. The van der Waals surface area contributed by atoms with E-state index in [0.29, 0.717) is 6.54 Å². The van der Waals surface area contributed by atoms with Crippen LogP contribution in [0.2, 0.25) is 0 Å². The number of aryl methyl sites for hydroxylation is 2. The van der Waals surface area contributed by atoms with E-state index in [4.69, 9.17) is 4.74 Å². The first-order valence-corrected chi connectivity index (χ1v) is 13.7. The van der Waals surface area contributed by atoms with Crippen LogP contribution in [0.1, 0.15) is 61.6 Å². The summed E-state index contributed by atoms with van der Waals surface area (Å²) in [7, 11) is 0. The Bertz CT molecular complexity index is 1290. The van der Waals surface area contributed by atoms with Gasteiger partial charge in [-0.1, -0.05) is 84.4 Å². The minimum Gasteiger partial charge on any atom is -0.444 e. The highest BCUT2D eigenvalue weighted by Gasteiger charge is 2.36. The van der Waals surface area contributed by atoms with Gasteiger partial charge >= 0.3 is 6.09 Å². The molecule has 7 nitrogen and oxygen atoms in total. The molecule has 212 valence electrons. The molecule has 0 spiro atoms. The second-order valence-corrected chi connectivity index (χ2v) is 11.0. The van der Waals surface area contributed by atoms with Crippen LogP contribution in [0.5, 0.6) is 0 Å². The quantitative estimate of drug-likeness (QED) is 0.346. The first-order valence-electron chi connectivity index (χ1n) is 13.7. The number of rotatable bonds is 10. The van der Waals surface area contributed by atoms with Gasteiger partial charge in [-0.3, -0.25) is 9.59 Å². The van der Waals surface area contributed by atoms with Crippen molar-refractivity contribution in [2.75, 3.05) is 6.54 Å². The SMILES string of the molecule is CCN(C(=O)C(Cc1ccccc1)NC(=O)OC(C)(C)C)C(C(=O)NCc1ccccc1)c1ccc(C)cc1C. The van der Waals surface area contributed by atoms with Crippen LogP contribution in [0.15, 0.2) is 78.9 Å². The molecule has 0 heterocycles. The van der Waals surface area contributed by atoms with Crippen LogP contribution >= 0.6 is 0 Å². The monoisotopic (exact) mass is 543 g/mol. The molecule has 0 aliphatic rings. The lowest BCUT2D eigenvalue weighted by Crippen LogP contribution is -2.53. The highest BCUT2D eigenvalue weighted by atomic mass is 16.6. The van der Waals surface area contributed by atoms with Crippen molar-refractivity contribution in [2.24, 2.45) is 0 Å². The van der Waals surface area contributed by atoms with Crippen molar-refractivity contribution in [1.29, 1.82) is 0 Å². The third-order valence-electron chi connectivity index (χ3n) is 6.48. The molecule has 0 aliphatic heterocycles. The molecule has 0 saturated heterocycles. The minimum atomic E-state index is -0.938. The first-order chi connectivity index (χ1) is 19.0. The van der Waals surface area contributed by atoms with Gasteiger partial charge in [0.2, 0.25) is 11.8 Å². The molecule has 0 fully saturated rings. The molecule has 40 heavy (non-hydrogen) atoms. The maximum absolute atomic E-state index is 14.2. The van der Waals surface area contributed by atoms with E-state index < -0.39 is 23.8 Å². The highest BCUT2D eigenvalue weighted by molar-refractivity contribution is 5.92. The Kier molecular flexibility index (Phi) is 10.5. The summed E-state index contributed by atoms with van der Waals surface area (Å²) in [5, 5.41) is 5.80. The van der Waals surface area contributed by atoms with Gasteiger partial charge in [-0.2, -0.15) is 0 Å². The number of nitrogens with zero attached hydrogens (tertiary/aromatic N) is 1. The fourth-order valence-electron chi connectivity index (χ4n) is 4.63. The van der Waals surface area contributed by atoms with E-state index in [1.54, 1.807) is 25.7 Å². The fourth-order valence-corrected chi connectivity index (χ4v) is 4.63. The molecular formula is C33H41N3O4. The summed E-state index contributed by atoms with van der Waals surface area (Å²) < 4.78 is 5.48. The summed E-state index contributed by atoms with van der Waals surface area (Å²) >= 11 is 0. The van der Waals surface area contributed by atoms with Gasteiger partial charge < -0.3 is 20.3 Å². The van der Waals surface area contributed by atoms with Gasteiger partial charge in [0.05, 0.1) is 0 Å². The Morgan fingerprint density at radius 1 is 0.875 bits per heavy atom. The van der Waals surface area contributed by atoms with E-state index >= 15 is 0 Å². The van der Waals surface area contributed by atoms with Gasteiger partial charge in [0.15, 0.2) is 0 Å². The molecule has 0 saturated carbocycles. The summed E-state index contributed by atoms with van der Waals surface area (Å²) in [6, 6.07) is 23.1. The summed E-state index contributed by atoms with van der Waals surface area (Å²) in [6.07, 6.45) is -0.435. The van der Waals surface area contributed by atoms with Crippen LogP contribution in [-0.2, 0) is 27.3 Å². The number of amides is 3. The zero-order valence-electron chi connectivity index (χ0n) is 24.4. The molecule has 3 amide bonds. The van der Waals surface area contributed by atoms with E-state index in [0.717, 1.165) is 27.8 Å². The molecule has 7 heteroatoms. The number of ether oxygens (including phenoxy) is 1. The fraction of sp³-hybridized carbons (Fsp3) is 0.364. The molecule has 3 aromatic carbocycles. The van der Waals surface area contributed by atoms with Crippen LogP contribution in [0.25, 0.3) is 0 Å². The smallest absolute Gasteiger partial charge is 0.408 e. The Morgan fingerprint density at radius 2 is 1.48 bits per heavy atom. The largest absolute Gasteiger partial charge is 0.444 e. The van der Waals surface area contributed by atoms with Gasteiger partial charge in [-0.15, -0.1) is 0 Å². The molecular weight excluding hydrogens is 502 g/mol. The van der Waals surface area contributed by atoms with Crippen molar-refractivity contribution < 1.29 is 19.1 Å². The Morgan fingerprint density at radius 3 is 2.02 bits per heavy atom. The molecule has 0 bridgehead atoms. The van der Waals surface area contributed by atoms with Gasteiger partial charge in [0, 0.05) is 19.5 Å². The van der Waals surface area contributed by atoms with Crippen molar-refractivity contribution in [3.63, 3.8) is 0 Å². The zero-order chi connectivity index (χ0) is 29.3. The van der Waals surface area contributed by atoms with Crippen molar-refractivity contribution in [1.82, 2.24) is 15.5 Å². The van der Waals surface area contributed by atoms with Crippen LogP contribution in [0, 0.1) is 13.8 Å². The lowest BCUT2D eigenvalue weighted by atomic mass is 9.95. The van der Waals surface area contributed by atoms with Crippen molar-refractivity contribution in [3.05, 3.63) is 107 Å². The summed E-state index contributed by atoms with van der Waals surface area (Å²) in [5.74, 6) is -0.654. The van der Waals surface area contributed by atoms with Crippen molar-refractivity contribution >= 4 is 17.9 Å². The van der Waals surface area contributed by atoms with Gasteiger partial charge in [0.25, 0.3) is 0 Å². The standard InChI is InChI=1S/C33H41N3O4/c1-7-36(31(38)28(21-25-14-10-8-11-15-25)35-32(39)40-33(4,5)6)29(27-19-18-23(2)20-24(27)3)30(37)34-22-26-16-12-9-13-17-26/h8-20,28-29H,7,21-22H2,1-6H3,(H,34,37)(H,35,39). The zero-order valence-corrected chi connectivity index (χ0v) is 24.4. The van der Waals surface area contributed by atoms with E-state index in [-0.39, 0.29) is 24.8 Å². The van der Waals surface area contributed by atoms with E-state index in [1.165, 1.54) is 0 Å². The highest BCUT2D eigenvalue weighted by Crippen LogP contribution is 2.27. The first kappa shape index (κ1) is 30.4. The summed E-state index contributed by atoms with van der Waals surface area (Å²) in [5.41, 5.74) is 3.82. The van der Waals surface area contributed by atoms with Gasteiger partial charge in [0.1, 0.15) is 17.7 Å². The van der Waals surface area contributed by atoms with Crippen LogP contribution < -0.4 is 10.6 Å². The number of benzene rings is 3. The van der Waals surface area contributed by atoms with E-state index in [2.05, 4.69) is 10.6 Å². The average molecular weight is 544 g/mol. The average Bonchev–Trinajstić information content (AvgIpc) is 2.90. The molecule has 2 N–H and O–H groups in total. The Balaban J connectivity index is 1.98. The van der Waals surface area contributed by atoms with Crippen molar-refractivity contribution in [2.45, 2.75) is 72.2 Å². The third kappa shape index (κ3) is 8.70. The predicted octanol–water partition coefficient (Wildman–Crippen LogP) is 5.65. The second-order valence-electron chi connectivity index (χ2n) is 11.0. The molecule has 2 unspecified atom stereocenters. The number of hydrogen-bond acceptors (Lipinski definition) is 4. The minimum absolute atomic E-state index is 0.251. The molecule has 3 aromatic rings. The van der Waals surface area contributed by atoms with Crippen molar-refractivity contribution in [3.8, 4) is 0 Å². The molecule has 0 aliphatic carbocycles. The maximum atomic E-state index is 14.2. The van der Waals surface area contributed by atoms with E-state index in [9.17, 15) is 14.4 Å². The third-order valence-corrected chi connectivity index (χ3v) is 6.48. The van der Waals surface area contributed by atoms with Crippen LogP contribution in [0.3, 0.4) is 0 Å². The number of alkyl carbamates (subject to hydrolysis) is 1. The Hall–Kier alpha value is -4.13. The molecule has 0 radical (unpaired) electrons. The van der Waals surface area contributed by atoms with Crippen LogP contribution in [-0.4, -0.2) is 41.0 Å².